The molecule has 7 nitrogen and oxygen atoms in total. The predicted molar refractivity (Wildman–Crippen MR) is 66.5 cm³/mol. The summed E-state index contributed by atoms with van der Waals surface area (Å²) >= 11 is 1.70. The fourth-order valence-electron chi connectivity index (χ4n) is 1.92. The maximum Gasteiger partial charge on any atom is 0.278 e. The number of aliphatic hydroxyl groups is 1. The van der Waals surface area contributed by atoms with E-state index in [-0.39, 0.29) is 24.5 Å². The number of aliphatic hydroxyl groups excluding tert-OH is 1. The molecule has 0 bridgehead atoms. The molecule has 0 aromatic carbocycles. The summed E-state index contributed by atoms with van der Waals surface area (Å²) < 4.78 is 7.46. The maximum absolute atomic E-state index is 11.5. The van der Waals surface area contributed by atoms with E-state index in [4.69, 9.17) is 9.84 Å². The maximum atomic E-state index is 11.5. The molecule has 18 heavy (non-hydrogen) atoms. The molecule has 0 radical (unpaired) electrons. The Balaban J connectivity index is 1.99. The first-order valence-corrected chi connectivity index (χ1v) is 6.69. The molecule has 2 N–H and O–H groups in total. The van der Waals surface area contributed by atoms with E-state index in [1.807, 2.05) is 0 Å². The van der Waals surface area contributed by atoms with Crippen molar-refractivity contribution in [3.05, 3.63) is 23.0 Å². The number of nitrogens with one attached hydrogen (secondary N) is 1. The van der Waals surface area contributed by atoms with Gasteiger partial charge in [-0.25, -0.2) is 9.97 Å². The number of ether oxygens (including phenoxy) is 1. The average molecular weight is 268 g/mol. The van der Waals surface area contributed by atoms with E-state index in [2.05, 4.69) is 15.0 Å². The smallest absolute Gasteiger partial charge is 0.278 e. The van der Waals surface area contributed by atoms with Crippen molar-refractivity contribution in [2.24, 2.45) is 0 Å². The van der Waals surface area contributed by atoms with E-state index in [0.717, 1.165) is 11.5 Å². The summed E-state index contributed by atoms with van der Waals surface area (Å²) in [4.78, 5) is 22.2. The van der Waals surface area contributed by atoms with Crippen molar-refractivity contribution in [3.8, 4) is 0 Å². The first kappa shape index (κ1) is 11.7. The lowest BCUT2D eigenvalue weighted by Crippen LogP contribution is -2.32. The SMILES string of the molecule is O=c1[nH]cnc2c1ncn2[C@H]1CSC[C@@H](CO)O1. The highest BCUT2D eigenvalue weighted by Crippen LogP contribution is 2.26. The number of imidazole rings is 1. The average Bonchev–Trinajstić information content (AvgIpc) is 2.84. The molecule has 0 spiro atoms. The summed E-state index contributed by atoms with van der Waals surface area (Å²) in [6, 6.07) is 0. The minimum atomic E-state index is -0.263. The van der Waals surface area contributed by atoms with Crippen LogP contribution in [0.5, 0.6) is 0 Å². The van der Waals surface area contributed by atoms with Gasteiger partial charge in [-0.2, -0.15) is 11.8 Å². The van der Waals surface area contributed by atoms with E-state index < -0.39 is 0 Å². The molecule has 1 aliphatic rings. The second kappa shape index (κ2) is 4.71. The lowest BCUT2D eigenvalue weighted by Gasteiger charge is -2.29. The molecule has 1 aliphatic heterocycles. The van der Waals surface area contributed by atoms with Crippen LogP contribution in [0.2, 0.25) is 0 Å². The minimum absolute atomic E-state index is 0.00978. The van der Waals surface area contributed by atoms with Crippen molar-refractivity contribution in [2.45, 2.75) is 12.3 Å². The van der Waals surface area contributed by atoms with Crippen LogP contribution >= 0.6 is 11.8 Å². The molecule has 0 unspecified atom stereocenters. The molecule has 8 heteroatoms. The monoisotopic (exact) mass is 268 g/mol. The van der Waals surface area contributed by atoms with Crippen molar-refractivity contribution in [2.75, 3.05) is 18.1 Å². The number of aromatic nitrogens is 4. The van der Waals surface area contributed by atoms with Crippen molar-refractivity contribution in [1.29, 1.82) is 0 Å². The van der Waals surface area contributed by atoms with E-state index >= 15 is 0 Å². The van der Waals surface area contributed by atoms with Crippen LogP contribution in [0.4, 0.5) is 0 Å². The number of rotatable bonds is 2. The normalized spacial score (nSPS) is 24.5. The van der Waals surface area contributed by atoms with Gasteiger partial charge in [-0.05, 0) is 0 Å². The Morgan fingerprint density at radius 3 is 3.28 bits per heavy atom. The zero-order chi connectivity index (χ0) is 12.5. The lowest BCUT2D eigenvalue weighted by atomic mass is 10.4. The van der Waals surface area contributed by atoms with Gasteiger partial charge in [0.15, 0.2) is 11.2 Å². The molecule has 2 atom stereocenters. The first-order valence-electron chi connectivity index (χ1n) is 5.54. The number of thioether (sulfide) groups is 1. The van der Waals surface area contributed by atoms with Gasteiger partial charge in [0.25, 0.3) is 5.56 Å². The third-order valence-electron chi connectivity index (χ3n) is 2.79. The second-order valence-electron chi connectivity index (χ2n) is 3.99. The number of hydrogen-bond donors (Lipinski definition) is 2. The Hall–Kier alpha value is -1.38. The van der Waals surface area contributed by atoms with Gasteiger partial charge >= 0.3 is 0 Å². The Kier molecular flexibility index (Phi) is 3.06. The van der Waals surface area contributed by atoms with Crippen LogP contribution in [-0.2, 0) is 4.74 Å². The minimum Gasteiger partial charge on any atom is -0.394 e. The van der Waals surface area contributed by atoms with E-state index in [1.54, 1.807) is 22.7 Å². The second-order valence-corrected chi connectivity index (χ2v) is 5.06. The molecular formula is C10H12N4O3S. The zero-order valence-electron chi connectivity index (χ0n) is 9.44. The van der Waals surface area contributed by atoms with Crippen molar-refractivity contribution in [3.63, 3.8) is 0 Å². The van der Waals surface area contributed by atoms with E-state index in [0.29, 0.717) is 11.2 Å². The summed E-state index contributed by atoms with van der Waals surface area (Å²) in [6.07, 6.45) is 2.47. The lowest BCUT2D eigenvalue weighted by molar-refractivity contribution is -0.0548. The molecular weight excluding hydrogens is 256 g/mol. The molecule has 2 aromatic rings. The summed E-state index contributed by atoms with van der Waals surface area (Å²) in [5.41, 5.74) is 0.543. The van der Waals surface area contributed by atoms with Gasteiger partial charge in [-0.1, -0.05) is 0 Å². The molecule has 96 valence electrons. The quantitative estimate of drug-likeness (QED) is 0.779. The van der Waals surface area contributed by atoms with Crippen molar-refractivity contribution >= 4 is 22.9 Å². The summed E-state index contributed by atoms with van der Waals surface area (Å²) in [6.45, 7) is -0.00978. The van der Waals surface area contributed by atoms with Gasteiger partial charge in [-0.15, -0.1) is 0 Å². The van der Waals surface area contributed by atoms with Gasteiger partial charge in [-0.3, -0.25) is 9.36 Å². The molecule has 2 aromatic heterocycles. The predicted octanol–water partition coefficient (Wildman–Crippen LogP) is -0.258. The van der Waals surface area contributed by atoms with Gasteiger partial charge in [0, 0.05) is 11.5 Å². The number of aromatic amines is 1. The third-order valence-corrected chi connectivity index (χ3v) is 3.92. The molecule has 1 saturated heterocycles. The zero-order valence-corrected chi connectivity index (χ0v) is 10.3. The molecule has 0 aliphatic carbocycles. The number of nitrogens with zero attached hydrogens (tertiary/aromatic N) is 3. The van der Waals surface area contributed by atoms with Gasteiger partial charge in [0.1, 0.15) is 6.23 Å². The largest absolute Gasteiger partial charge is 0.394 e. The van der Waals surface area contributed by atoms with Gasteiger partial charge in [0.05, 0.1) is 25.4 Å². The van der Waals surface area contributed by atoms with Crippen LogP contribution in [0.15, 0.2) is 17.4 Å². The summed E-state index contributed by atoms with van der Waals surface area (Å²) in [5.74, 6) is 1.52. The van der Waals surface area contributed by atoms with Crippen LogP contribution in [0.25, 0.3) is 11.2 Å². The Labute approximate surface area is 106 Å². The number of hydrogen-bond acceptors (Lipinski definition) is 6. The number of fused-ring (bicyclic) bond motifs is 1. The fourth-order valence-corrected chi connectivity index (χ4v) is 2.94. The molecule has 3 rings (SSSR count). The van der Waals surface area contributed by atoms with Crippen LogP contribution in [0.3, 0.4) is 0 Å². The van der Waals surface area contributed by atoms with E-state index in [1.165, 1.54) is 6.33 Å². The van der Waals surface area contributed by atoms with E-state index in [9.17, 15) is 4.79 Å². The Bertz CT molecular complexity index is 610. The Morgan fingerprint density at radius 2 is 2.44 bits per heavy atom. The topological polar surface area (TPSA) is 93.0 Å². The fraction of sp³-hybridized carbons (Fsp3) is 0.500. The van der Waals surface area contributed by atoms with Crippen LogP contribution < -0.4 is 5.56 Å². The first-order chi connectivity index (χ1) is 8.79. The Morgan fingerprint density at radius 1 is 1.56 bits per heavy atom. The van der Waals surface area contributed by atoms with Gasteiger partial charge in [0.2, 0.25) is 0 Å². The van der Waals surface area contributed by atoms with Crippen LogP contribution in [0, 0.1) is 0 Å². The van der Waals surface area contributed by atoms with Crippen molar-refractivity contribution < 1.29 is 9.84 Å². The van der Waals surface area contributed by atoms with Gasteiger partial charge < -0.3 is 14.8 Å². The standard InChI is InChI=1S/C10H12N4O3S/c15-1-6-2-18-3-7(17-6)14-5-13-8-9(14)11-4-12-10(8)16/h4-7,15H,1-3H2,(H,11,12,16)/t6-,7-/m1/s1. The highest BCUT2D eigenvalue weighted by Gasteiger charge is 2.25. The van der Waals surface area contributed by atoms with Crippen LogP contribution in [-0.4, -0.2) is 48.8 Å². The summed E-state index contributed by atoms with van der Waals surface area (Å²) in [7, 11) is 0. The third kappa shape index (κ3) is 1.92. The van der Waals surface area contributed by atoms with Crippen LogP contribution in [0.1, 0.15) is 6.23 Å². The molecule has 1 fully saturated rings. The highest BCUT2D eigenvalue weighted by molar-refractivity contribution is 7.99. The molecule has 3 heterocycles. The molecule has 0 saturated carbocycles. The molecule has 0 amide bonds. The highest BCUT2D eigenvalue weighted by atomic mass is 32.2. The van der Waals surface area contributed by atoms with Crippen molar-refractivity contribution in [1.82, 2.24) is 19.5 Å². The number of H-pyrrole nitrogens is 1. The summed E-state index contributed by atoms with van der Waals surface area (Å²) in [5, 5.41) is 9.13.